The molecule has 3 rings (SSSR count). The van der Waals surface area contributed by atoms with Crippen molar-refractivity contribution in [1.82, 2.24) is 15.6 Å². The standard InChI is InChI=1S/C23H25F2IN4O5S/c1-13-21(29-23(35-13)30-36(2,33)34)22(32)28-19(9-15-6-16(24)10-17(25)7-15)20(31)12-27-11-14-4-3-5-18(26)8-14/h3-8,10,19-20,27,31H,9,11-12H2,1-2H3,(H,28,32)(H,29,30)/t19-,20-/m0/s1. The molecule has 1 heterocycles. The van der Waals surface area contributed by atoms with Gasteiger partial charge < -0.3 is 20.2 Å². The maximum absolute atomic E-state index is 13.7. The molecule has 194 valence electrons. The van der Waals surface area contributed by atoms with E-state index in [-0.39, 0.29) is 36.0 Å². The smallest absolute Gasteiger partial charge is 0.309 e. The van der Waals surface area contributed by atoms with Crippen molar-refractivity contribution >= 4 is 44.5 Å². The first kappa shape index (κ1) is 28.0. The van der Waals surface area contributed by atoms with Gasteiger partial charge in [-0.25, -0.2) is 21.9 Å². The van der Waals surface area contributed by atoms with E-state index in [9.17, 15) is 27.1 Å². The van der Waals surface area contributed by atoms with E-state index in [0.29, 0.717) is 6.54 Å². The molecular formula is C23H25F2IN4O5S. The Morgan fingerprint density at radius 3 is 2.50 bits per heavy atom. The summed E-state index contributed by atoms with van der Waals surface area (Å²) in [5.41, 5.74) is 1.02. The zero-order valence-corrected chi connectivity index (χ0v) is 22.4. The van der Waals surface area contributed by atoms with Gasteiger partial charge in [0, 0.05) is 22.7 Å². The minimum atomic E-state index is -3.69. The molecule has 3 aromatic rings. The van der Waals surface area contributed by atoms with Crippen molar-refractivity contribution in [3.8, 4) is 0 Å². The van der Waals surface area contributed by atoms with Gasteiger partial charge in [0.15, 0.2) is 5.69 Å². The van der Waals surface area contributed by atoms with Gasteiger partial charge in [-0.15, -0.1) is 0 Å². The minimum Gasteiger partial charge on any atom is -0.428 e. The number of anilines is 1. The van der Waals surface area contributed by atoms with Gasteiger partial charge >= 0.3 is 6.01 Å². The number of nitrogens with zero attached hydrogens (tertiary/aromatic N) is 1. The minimum absolute atomic E-state index is 0.0421. The van der Waals surface area contributed by atoms with Crippen LogP contribution in [0.3, 0.4) is 0 Å². The average molecular weight is 634 g/mol. The lowest BCUT2D eigenvalue weighted by Gasteiger charge is -2.24. The van der Waals surface area contributed by atoms with Gasteiger partial charge in [-0.3, -0.25) is 4.79 Å². The number of benzene rings is 2. The second-order valence-corrected chi connectivity index (χ2v) is 11.2. The number of oxazole rings is 1. The van der Waals surface area contributed by atoms with E-state index >= 15 is 0 Å². The fourth-order valence-corrected chi connectivity index (χ4v) is 4.48. The summed E-state index contributed by atoms with van der Waals surface area (Å²) in [6.45, 7) is 1.94. The summed E-state index contributed by atoms with van der Waals surface area (Å²) in [6, 6.07) is 9.36. The first-order valence-corrected chi connectivity index (χ1v) is 13.7. The SMILES string of the molecule is Cc1oc(NS(C)(=O)=O)nc1C(=O)N[C@@H](Cc1cc(F)cc(F)c1)[C@@H](O)CNCc1cccc(I)c1. The fraction of sp³-hybridized carbons (Fsp3) is 0.304. The summed E-state index contributed by atoms with van der Waals surface area (Å²) >= 11 is 2.19. The molecule has 2 atom stereocenters. The Balaban J connectivity index is 1.76. The van der Waals surface area contributed by atoms with Gasteiger partial charge in [0.25, 0.3) is 5.91 Å². The Morgan fingerprint density at radius 2 is 1.86 bits per heavy atom. The van der Waals surface area contributed by atoms with Crippen LogP contribution in [0.15, 0.2) is 46.9 Å². The Kier molecular flexibility index (Phi) is 9.38. The molecule has 4 N–H and O–H groups in total. The highest BCUT2D eigenvalue weighted by atomic mass is 127. The predicted molar refractivity (Wildman–Crippen MR) is 138 cm³/mol. The van der Waals surface area contributed by atoms with Gasteiger partial charge in [-0.1, -0.05) is 12.1 Å². The van der Waals surface area contributed by atoms with Gasteiger partial charge in [-0.05, 0) is 71.3 Å². The molecule has 1 amide bonds. The maximum Gasteiger partial charge on any atom is 0.309 e. The molecule has 0 radical (unpaired) electrons. The van der Waals surface area contributed by atoms with E-state index < -0.39 is 39.7 Å². The summed E-state index contributed by atoms with van der Waals surface area (Å²) in [4.78, 5) is 16.8. The monoisotopic (exact) mass is 634 g/mol. The number of hydrogen-bond donors (Lipinski definition) is 4. The van der Waals surface area contributed by atoms with Crippen LogP contribution in [0.25, 0.3) is 0 Å². The highest BCUT2D eigenvalue weighted by molar-refractivity contribution is 14.1. The molecule has 0 aliphatic heterocycles. The zero-order valence-electron chi connectivity index (χ0n) is 19.4. The van der Waals surface area contributed by atoms with Gasteiger partial charge in [0.1, 0.15) is 17.4 Å². The lowest BCUT2D eigenvalue weighted by molar-refractivity contribution is 0.0824. The fourth-order valence-electron chi connectivity index (χ4n) is 3.47. The predicted octanol–water partition coefficient (Wildman–Crippen LogP) is 2.73. The number of carbonyl (C=O) groups excluding carboxylic acids is 1. The van der Waals surface area contributed by atoms with E-state index in [1.54, 1.807) is 0 Å². The van der Waals surface area contributed by atoms with Crippen LogP contribution in [0, 0.1) is 22.1 Å². The molecule has 0 saturated heterocycles. The highest BCUT2D eigenvalue weighted by Crippen LogP contribution is 2.17. The van der Waals surface area contributed by atoms with Crippen LogP contribution in [0.5, 0.6) is 0 Å². The number of rotatable bonds is 11. The van der Waals surface area contributed by atoms with E-state index in [4.69, 9.17) is 4.42 Å². The van der Waals surface area contributed by atoms with Crippen LogP contribution < -0.4 is 15.4 Å². The summed E-state index contributed by atoms with van der Waals surface area (Å²) in [5.74, 6) is -2.28. The van der Waals surface area contributed by atoms with Crippen LogP contribution in [-0.4, -0.2) is 49.4 Å². The molecule has 0 spiro atoms. The molecule has 36 heavy (non-hydrogen) atoms. The van der Waals surface area contributed by atoms with Crippen LogP contribution in [0.4, 0.5) is 14.8 Å². The van der Waals surface area contributed by atoms with Crippen molar-refractivity contribution in [2.45, 2.75) is 32.0 Å². The first-order valence-electron chi connectivity index (χ1n) is 10.7. The van der Waals surface area contributed by atoms with Crippen LogP contribution in [-0.2, 0) is 23.0 Å². The number of carbonyl (C=O) groups is 1. The normalized spacial score (nSPS) is 13.3. The number of nitrogens with one attached hydrogen (secondary N) is 3. The molecule has 0 unspecified atom stereocenters. The third-order valence-corrected chi connectivity index (χ3v) is 6.23. The average Bonchev–Trinajstić information content (AvgIpc) is 3.10. The summed E-state index contributed by atoms with van der Waals surface area (Å²) < 4.78 is 58.6. The number of aliphatic hydroxyl groups excluding tert-OH is 1. The molecule has 13 heteroatoms. The third kappa shape index (κ3) is 8.50. The Morgan fingerprint density at radius 1 is 1.17 bits per heavy atom. The molecule has 0 aliphatic rings. The van der Waals surface area contributed by atoms with E-state index in [0.717, 1.165) is 33.6 Å². The third-order valence-electron chi connectivity index (χ3n) is 5.01. The second kappa shape index (κ2) is 12.1. The van der Waals surface area contributed by atoms with Gasteiger partial charge in [0.05, 0.1) is 18.4 Å². The van der Waals surface area contributed by atoms with Crippen molar-refractivity contribution in [1.29, 1.82) is 0 Å². The summed E-state index contributed by atoms with van der Waals surface area (Å²) in [7, 11) is -3.69. The van der Waals surface area contributed by atoms with Crippen LogP contribution in [0.2, 0.25) is 0 Å². The van der Waals surface area contributed by atoms with Crippen LogP contribution in [0.1, 0.15) is 27.4 Å². The number of amides is 1. The quantitative estimate of drug-likeness (QED) is 0.239. The topological polar surface area (TPSA) is 134 Å². The molecule has 1 aromatic heterocycles. The molecule has 2 aromatic carbocycles. The van der Waals surface area contributed by atoms with E-state index in [2.05, 4.69) is 38.2 Å². The van der Waals surface area contributed by atoms with E-state index in [1.807, 2.05) is 29.0 Å². The van der Waals surface area contributed by atoms with Crippen molar-refractivity contribution < 1.29 is 31.5 Å². The van der Waals surface area contributed by atoms with Crippen molar-refractivity contribution in [2.24, 2.45) is 0 Å². The highest BCUT2D eigenvalue weighted by Gasteiger charge is 2.26. The number of halogens is 3. The molecular weight excluding hydrogens is 609 g/mol. The number of sulfonamides is 1. The largest absolute Gasteiger partial charge is 0.428 e. The number of aryl methyl sites for hydroxylation is 1. The number of hydrogen-bond acceptors (Lipinski definition) is 7. The zero-order chi connectivity index (χ0) is 26.5. The van der Waals surface area contributed by atoms with Gasteiger partial charge in [-0.2, -0.15) is 4.98 Å². The summed E-state index contributed by atoms with van der Waals surface area (Å²) in [5, 5.41) is 16.6. The first-order chi connectivity index (χ1) is 16.9. The Labute approximate surface area is 220 Å². The molecule has 0 bridgehead atoms. The Hall–Kier alpha value is -2.62. The molecule has 9 nitrogen and oxygen atoms in total. The van der Waals surface area contributed by atoms with Crippen molar-refractivity contribution in [3.05, 3.63) is 80.3 Å². The Bertz CT molecular complexity index is 1320. The second-order valence-electron chi connectivity index (χ2n) is 8.19. The molecule has 0 aliphatic carbocycles. The number of aromatic nitrogens is 1. The van der Waals surface area contributed by atoms with Crippen LogP contribution >= 0.6 is 22.6 Å². The lowest BCUT2D eigenvalue weighted by Crippen LogP contribution is -2.48. The van der Waals surface area contributed by atoms with Crippen molar-refractivity contribution in [2.75, 3.05) is 17.5 Å². The number of aliphatic hydroxyl groups is 1. The van der Waals surface area contributed by atoms with Gasteiger partial charge in [0.2, 0.25) is 10.0 Å². The molecule has 0 fully saturated rings. The van der Waals surface area contributed by atoms with E-state index in [1.165, 1.54) is 6.92 Å². The molecule has 0 saturated carbocycles. The maximum atomic E-state index is 13.7. The lowest BCUT2D eigenvalue weighted by atomic mass is 10.00. The summed E-state index contributed by atoms with van der Waals surface area (Å²) in [6.07, 6.45) is -0.332. The van der Waals surface area contributed by atoms with Crippen molar-refractivity contribution in [3.63, 3.8) is 0 Å².